The lowest BCUT2D eigenvalue weighted by molar-refractivity contribution is -0.139. The molecule has 0 unspecified atom stereocenters. The molecular formula is C37H28F4N4O12S. The van der Waals surface area contributed by atoms with E-state index in [0.29, 0.717) is 5.39 Å². The molecule has 0 saturated heterocycles. The number of amides is 3. The van der Waals surface area contributed by atoms with Crippen LogP contribution in [0.1, 0.15) is 33.6 Å². The van der Waals surface area contributed by atoms with Crippen molar-refractivity contribution in [3.8, 4) is 28.2 Å². The number of nitrogens with one attached hydrogen (secondary N) is 3. The van der Waals surface area contributed by atoms with E-state index in [9.17, 15) is 43.8 Å². The van der Waals surface area contributed by atoms with Crippen LogP contribution in [0.2, 0.25) is 0 Å². The predicted molar refractivity (Wildman–Crippen MR) is 196 cm³/mol. The highest BCUT2D eigenvalue weighted by Gasteiger charge is 2.32. The van der Waals surface area contributed by atoms with Gasteiger partial charge in [-0.15, -0.1) is 11.8 Å². The van der Waals surface area contributed by atoms with E-state index >= 15 is 17.6 Å². The third-order valence-electron chi connectivity index (χ3n) is 8.36. The zero-order valence-corrected chi connectivity index (χ0v) is 30.0. The third kappa shape index (κ3) is 9.16. The van der Waals surface area contributed by atoms with Gasteiger partial charge in [0.1, 0.15) is 41.3 Å². The molecule has 5 rings (SSSR count). The Bertz CT molecular complexity index is 2520. The number of hydrogen-bond donors (Lipinski definition) is 8. The number of halogens is 4. The largest absolute Gasteiger partial charge is 0.508 e. The Morgan fingerprint density at radius 3 is 2.16 bits per heavy atom. The van der Waals surface area contributed by atoms with Crippen LogP contribution in [0.3, 0.4) is 0 Å². The van der Waals surface area contributed by atoms with Crippen LogP contribution in [0, 0.1) is 23.3 Å². The van der Waals surface area contributed by atoms with E-state index in [1.807, 2.05) is 10.6 Å². The Balaban J connectivity index is 1.43. The van der Waals surface area contributed by atoms with Crippen molar-refractivity contribution in [2.24, 2.45) is 5.73 Å². The first-order chi connectivity index (χ1) is 27.4. The van der Waals surface area contributed by atoms with E-state index < -0.39 is 123 Å². The predicted octanol–water partition coefficient (Wildman–Crippen LogP) is 3.75. The van der Waals surface area contributed by atoms with Gasteiger partial charge in [0.15, 0.2) is 28.7 Å². The topological polar surface area (TPSA) is 276 Å². The first kappa shape index (κ1) is 42.1. The van der Waals surface area contributed by atoms with Gasteiger partial charge in [-0.25, -0.2) is 22.4 Å². The zero-order chi connectivity index (χ0) is 42.6. The molecule has 1 aliphatic carbocycles. The third-order valence-corrected chi connectivity index (χ3v) is 9.51. The lowest BCUT2D eigenvalue weighted by Gasteiger charge is -2.19. The number of carbonyl (C=O) groups is 6. The summed E-state index contributed by atoms with van der Waals surface area (Å²) in [6.07, 6.45) is -0.963. The number of nitrogens with two attached hydrogens (primary N) is 1. The van der Waals surface area contributed by atoms with Crippen LogP contribution in [-0.4, -0.2) is 80.4 Å². The summed E-state index contributed by atoms with van der Waals surface area (Å²) in [5, 5.41) is 44.3. The minimum absolute atomic E-state index is 0.00596. The minimum atomic E-state index is -2.19. The molecule has 58 heavy (non-hydrogen) atoms. The number of fused-ring (bicyclic) bond motifs is 2. The molecule has 0 aromatic heterocycles. The zero-order valence-electron chi connectivity index (χ0n) is 29.2. The van der Waals surface area contributed by atoms with Crippen LogP contribution >= 0.6 is 11.8 Å². The van der Waals surface area contributed by atoms with Gasteiger partial charge in [-0.05, 0) is 48.4 Å². The molecule has 0 saturated carbocycles. The number of aromatic hydroxyl groups is 1. The Morgan fingerprint density at radius 1 is 0.845 bits per heavy atom. The van der Waals surface area contributed by atoms with Crippen LogP contribution < -0.4 is 27.1 Å². The van der Waals surface area contributed by atoms with Gasteiger partial charge in [0.25, 0.3) is 5.91 Å². The van der Waals surface area contributed by atoms with Crippen molar-refractivity contribution in [2.45, 2.75) is 29.8 Å². The van der Waals surface area contributed by atoms with E-state index in [2.05, 4.69) is 5.32 Å². The first-order valence-electron chi connectivity index (χ1n) is 16.5. The summed E-state index contributed by atoms with van der Waals surface area (Å²) in [5.74, 6) is -18.1. The van der Waals surface area contributed by atoms with Gasteiger partial charge in [0, 0.05) is 46.5 Å². The highest BCUT2D eigenvalue weighted by Crippen LogP contribution is 2.42. The quantitative estimate of drug-likeness (QED) is 0.0323. The van der Waals surface area contributed by atoms with Crippen molar-refractivity contribution >= 4 is 64.0 Å². The van der Waals surface area contributed by atoms with Crippen molar-refractivity contribution < 1.29 is 71.2 Å². The molecule has 1 heterocycles. The molecule has 0 fully saturated rings. The van der Waals surface area contributed by atoms with Crippen molar-refractivity contribution in [2.75, 3.05) is 17.6 Å². The molecule has 0 spiro atoms. The summed E-state index contributed by atoms with van der Waals surface area (Å²) < 4.78 is 67.2. The Kier molecular flexibility index (Phi) is 12.7. The molecule has 21 heteroatoms. The molecule has 1 aliphatic heterocycles. The molecule has 3 amide bonds. The number of carboxylic acids is 3. The normalized spacial score (nSPS) is 12.2. The summed E-state index contributed by atoms with van der Waals surface area (Å²) in [4.78, 5) is 83.2. The Hall–Kier alpha value is -7.00. The fourth-order valence-corrected chi connectivity index (χ4v) is 6.61. The van der Waals surface area contributed by atoms with E-state index in [1.54, 1.807) is 0 Å². The maximum atomic E-state index is 15.4. The summed E-state index contributed by atoms with van der Waals surface area (Å²) in [7, 11) is 0. The highest BCUT2D eigenvalue weighted by atomic mass is 32.2. The van der Waals surface area contributed by atoms with Crippen molar-refractivity contribution in [1.29, 1.82) is 0 Å². The number of carbonyl (C=O) groups excluding carboxylic acids is 3. The van der Waals surface area contributed by atoms with Crippen molar-refractivity contribution in [3.05, 3.63) is 99.2 Å². The van der Waals surface area contributed by atoms with Gasteiger partial charge in [-0.1, -0.05) is 6.07 Å². The second kappa shape index (κ2) is 17.4. The molecule has 2 atom stereocenters. The maximum absolute atomic E-state index is 15.4. The lowest BCUT2D eigenvalue weighted by Crippen LogP contribution is -2.49. The van der Waals surface area contributed by atoms with E-state index in [1.165, 1.54) is 36.4 Å². The molecule has 0 radical (unpaired) electrons. The van der Waals surface area contributed by atoms with E-state index in [4.69, 9.17) is 20.4 Å². The highest BCUT2D eigenvalue weighted by molar-refractivity contribution is 7.99. The number of benzene rings is 4. The van der Waals surface area contributed by atoms with Crippen molar-refractivity contribution in [1.82, 2.24) is 10.6 Å². The van der Waals surface area contributed by atoms with Gasteiger partial charge in [-0.2, -0.15) is 0 Å². The van der Waals surface area contributed by atoms with Gasteiger partial charge in [0.2, 0.25) is 11.8 Å². The maximum Gasteiger partial charge on any atom is 0.336 e. The molecule has 302 valence electrons. The van der Waals surface area contributed by atoms with Crippen LogP contribution in [0.15, 0.2) is 68.7 Å². The van der Waals surface area contributed by atoms with Gasteiger partial charge < -0.3 is 46.5 Å². The molecule has 3 aromatic rings. The number of phenols is 1. The number of anilines is 1. The van der Waals surface area contributed by atoms with Crippen LogP contribution in [-0.2, 0) is 19.2 Å². The fourth-order valence-electron chi connectivity index (χ4n) is 5.61. The fraction of sp³-hybridized carbons (Fsp3) is 0.162. The standard InChI is InChI=1S/C37H28F4N4O12S/c38-29-28(30(39)32(41)33(31(29)40)58-13-22(34(51)43-12-26(49)50)45-25(48)8-7-21(42)37(55)56)35(52)44-14-1-4-17(20(9-14)36(53)54)27-18-5-2-15(46)10-23(18)57-24-11-16(47)3-6-19(24)27/h1-6,9-11,21-22,46H,7-8,12-13,42H2,(H,43,51)(H,44,52)(H,45,48)(H,49,50)(H,53,54)(H,55,56)/t21-,22-/m0/s1. The number of phenolic OH excluding ortho intramolecular Hbond substituents is 1. The van der Waals surface area contributed by atoms with Crippen molar-refractivity contribution in [3.63, 3.8) is 0 Å². The van der Waals surface area contributed by atoms with Gasteiger partial charge in [-0.3, -0.25) is 28.8 Å². The number of aromatic carboxylic acids is 1. The molecule has 16 nitrogen and oxygen atoms in total. The molecule has 3 aromatic carbocycles. The summed E-state index contributed by atoms with van der Waals surface area (Å²) >= 11 is -0.0307. The van der Waals surface area contributed by atoms with Crippen LogP contribution in [0.25, 0.3) is 33.4 Å². The van der Waals surface area contributed by atoms with Gasteiger partial charge >= 0.3 is 17.9 Å². The monoisotopic (exact) mass is 828 g/mol. The average molecular weight is 829 g/mol. The SMILES string of the molecule is N[C@@H](CCC(=O)N[C@@H](CSc1c(F)c(F)c(C(=O)Nc2ccc(-c3c4ccc(=O)cc-4oc4cc(O)ccc34)c(C(=O)O)c2)c(F)c1F)C(=O)NCC(=O)O)C(=O)O. The van der Waals surface area contributed by atoms with Gasteiger partial charge in [0.05, 0.1) is 10.5 Å². The first-order valence-corrected chi connectivity index (χ1v) is 17.5. The Morgan fingerprint density at radius 2 is 1.52 bits per heavy atom. The second-order valence-corrected chi connectivity index (χ2v) is 13.4. The number of aliphatic carboxylic acids is 2. The molecule has 9 N–H and O–H groups in total. The molecule has 0 bridgehead atoms. The Labute approximate surface area is 326 Å². The van der Waals surface area contributed by atoms with Crippen LogP contribution in [0.4, 0.5) is 23.2 Å². The van der Waals surface area contributed by atoms with E-state index in [-0.39, 0.29) is 45.5 Å². The summed E-state index contributed by atoms with van der Waals surface area (Å²) in [5.41, 5.74) is 2.84. The summed E-state index contributed by atoms with van der Waals surface area (Å²) in [6, 6.07) is 7.66. The second-order valence-electron chi connectivity index (χ2n) is 12.3. The number of carboxylic acid groups (broad SMARTS) is 3. The average Bonchev–Trinajstić information content (AvgIpc) is 3.16. The molecule has 2 aliphatic rings. The smallest absolute Gasteiger partial charge is 0.336 e. The van der Waals surface area contributed by atoms with E-state index in [0.717, 1.165) is 18.2 Å². The minimum Gasteiger partial charge on any atom is -0.508 e. The van der Waals surface area contributed by atoms with Crippen LogP contribution in [0.5, 0.6) is 5.75 Å². The summed E-state index contributed by atoms with van der Waals surface area (Å²) in [6.45, 7) is -0.961. The molecular weight excluding hydrogens is 800 g/mol. The number of thioether (sulfide) groups is 1. The lowest BCUT2D eigenvalue weighted by atomic mass is 9.90. The number of rotatable bonds is 15. The number of hydrogen-bond acceptors (Lipinski definition) is 11.